The van der Waals surface area contributed by atoms with Crippen molar-refractivity contribution in [2.75, 3.05) is 10.6 Å². The molecule has 2 aliphatic rings. The standard InChI is InChI=1S/C20H23N3O2S/c1-12(24)21-17-6-4-14(5-7-17)18-11-26-20(22-18)23-19(25)10-16-9-13-2-3-15(16)8-13/h4-7,11,13,15-16H,2-3,8-10H2,1H3,(H,21,24)(H,22,23,25)/t13-,15+,16+/m0/s1. The summed E-state index contributed by atoms with van der Waals surface area (Å²) in [5, 5.41) is 8.31. The number of rotatable bonds is 5. The molecule has 5 nitrogen and oxygen atoms in total. The van der Waals surface area contributed by atoms with Gasteiger partial charge in [-0.3, -0.25) is 9.59 Å². The number of hydrogen-bond donors (Lipinski definition) is 2. The molecule has 1 aromatic heterocycles. The molecule has 0 saturated heterocycles. The molecule has 1 heterocycles. The van der Waals surface area contributed by atoms with Gasteiger partial charge >= 0.3 is 0 Å². The molecule has 2 saturated carbocycles. The molecule has 4 rings (SSSR count). The quantitative estimate of drug-likeness (QED) is 0.813. The Balaban J connectivity index is 1.35. The summed E-state index contributed by atoms with van der Waals surface area (Å²) in [6.45, 7) is 1.49. The van der Waals surface area contributed by atoms with Crippen LogP contribution in [0.4, 0.5) is 10.8 Å². The van der Waals surface area contributed by atoms with E-state index in [0.717, 1.165) is 28.8 Å². The molecule has 2 N–H and O–H groups in total. The van der Waals surface area contributed by atoms with E-state index in [9.17, 15) is 9.59 Å². The summed E-state index contributed by atoms with van der Waals surface area (Å²) in [6, 6.07) is 7.54. The number of anilines is 2. The van der Waals surface area contributed by atoms with Crippen LogP contribution in [0.25, 0.3) is 11.3 Å². The maximum Gasteiger partial charge on any atom is 0.226 e. The van der Waals surface area contributed by atoms with E-state index in [2.05, 4.69) is 15.6 Å². The van der Waals surface area contributed by atoms with Gasteiger partial charge in [0.25, 0.3) is 0 Å². The number of hydrogen-bond acceptors (Lipinski definition) is 4. The van der Waals surface area contributed by atoms with Crippen LogP contribution in [0.1, 0.15) is 39.0 Å². The van der Waals surface area contributed by atoms with Gasteiger partial charge in [0.1, 0.15) is 0 Å². The number of carbonyl (C=O) groups excluding carboxylic acids is 2. The highest BCUT2D eigenvalue weighted by molar-refractivity contribution is 7.14. The van der Waals surface area contributed by atoms with Crippen LogP contribution in [0.5, 0.6) is 0 Å². The Morgan fingerprint density at radius 2 is 1.96 bits per heavy atom. The number of benzene rings is 1. The highest BCUT2D eigenvalue weighted by atomic mass is 32.1. The van der Waals surface area contributed by atoms with Crippen LogP contribution in [0.2, 0.25) is 0 Å². The van der Waals surface area contributed by atoms with E-state index < -0.39 is 0 Å². The lowest BCUT2D eigenvalue weighted by Gasteiger charge is -2.20. The summed E-state index contributed by atoms with van der Waals surface area (Å²) in [6.07, 6.45) is 5.84. The molecule has 2 amide bonds. The molecule has 6 heteroatoms. The van der Waals surface area contributed by atoms with Gasteiger partial charge in [-0.15, -0.1) is 11.3 Å². The van der Waals surface area contributed by atoms with E-state index in [1.807, 2.05) is 29.6 Å². The first kappa shape index (κ1) is 17.2. The summed E-state index contributed by atoms with van der Waals surface area (Å²) in [7, 11) is 0. The molecule has 1 aromatic carbocycles. The van der Waals surface area contributed by atoms with Crippen LogP contribution in [-0.4, -0.2) is 16.8 Å². The van der Waals surface area contributed by atoms with Crippen molar-refractivity contribution in [3.8, 4) is 11.3 Å². The summed E-state index contributed by atoms with van der Waals surface area (Å²) in [4.78, 5) is 28.0. The third-order valence-corrected chi connectivity index (χ3v) is 6.34. The van der Waals surface area contributed by atoms with Gasteiger partial charge in [0.2, 0.25) is 11.8 Å². The summed E-state index contributed by atoms with van der Waals surface area (Å²) in [5.74, 6) is 2.19. The Labute approximate surface area is 157 Å². The number of nitrogens with one attached hydrogen (secondary N) is 2. The Morgan fingerprint density at radius 1 is 1.15 bits per heavy atom. The van der Waals surface area contributed by atoms with Gasteiger partial charge in [-0.25, -0.2) is 4.98 Å². The van der Waals surface area contributed by atoms with E-state index in [-0.39, 0.29) is 11.8 Å². The second-order valence-electron chi connectivity index (χ2n) is 7.48. The van der Waals surface area contributed by atoms with Crippen LogP contribution in [0.3, 0.4) is 0 Å². The fourth-order valence-electron chi connectivity index (χ4n) is 4.43. The van der Waals surface area contributed by atoms with Gasteiger partial charge in [-0.05, 0) is 49.1 Å². The zero-order valence-electron chi connectivity index (χ0n) is 14.8. The van der Waals surface area contributed by atoms with Crippen LogP contribution in [-0.2, 0) is 9.59 Å². The average Bonchev–Trinajstić information content (AvgIpc) is 3.32. The lowest BCUT2D eigenvalue weighted by atomic mass is 9.86. The minimum atomic E-state index is -0.0908. The van der Waals surface area contributed by atoms with E-state index in [0.29, 0.717) is 17.5 Å². The second-order valence-corrected chi connectivity index (χ2v) is 8.34. The molecule has 3 atom stereocenters. The van der Waals surface area contributed by atoms with Gasteiger partial charge < -0.3 is 10.6 Å². The van der Waals surface area contributed by atoms with Gasteiger partial charge in [0.15, 0.2) is 5.13 Å². The predicted molar refractivity (Wildman–Crippen MR) is 104 cm³/mol. The van der Waals surface area contributed by atoms with E-state index in [1.54, 1.807) is 0 Å². The zero-order chi connectivity index (χ0) is 18.1. The van der Waals surface area contributed by atoms with E-state index in [1.165, 1.54) is 43.9 Å². The first-order valence-corrected chi connectivity index (χ1v) is 10.1. The summed E-state index contributed by atoms with van der Waals surface area (Å²) < 4.78 is 0. The van der Waals surface area contributed by atoms with Gasteiger partial charge in [0.05, 0.1) is 5.69 Å². The fourth-order valence-corrected chi connectivity index (χ4v) is 5.16. The highest BCUT2D eigenvalue weighted by Gasteiger charge is 2.40. The lowest BCUT2D eigenvalue weighted by Crippen LogP contribution is -2.20. The molecule has 2 fully saturated rings. The van der Waals surface area contributed by atoms with E-state index in [4.69, 9.17) is 0 Å². The van der Waals surface area contributed by atoms with Crippen LogP contribution < -0.4 is 10.6 Å². The molecule has 26 heavy (non-hydrogen) atoms. The molecule has 0 radical (unpaired) electrons. The molecule has 2 aromatic rings. The van der Waals surface area contributed by atoms with Crippen molar-refractivity contribution in [3.63, 3.8) is 0 Å². The summed E-state index contributed by atoms with van der Waals surface area (Å²) >= 11 is 1.45. The van der Waals surface area contributed by atoms with Crippen LogP contribution in [0.15, 0.2) is 29.6 Å². The minimum Gasteiger partial charge on any atom is -0.326 e. The maximum atomic E-state index is 12.4. The first-order valence-electron chi connectivity index (χ1n) is 9.20. The number of thiazole rings is 1. The molecule has 0 spiro atoms. The van der Waals surface area contributed by atoms with Gasteiger partial charge in [-0.1, -0.05) is 18.6 Å². The molecule has 0 unspecified atom stereocenters. The van der Waals surface area contributed by atoms with Crippen molar-refractivity contribution in [1.82, 2.24) is 4.98 Å². The van der Waals surface area contributed by atoms with Crippen LogP contribution >= 0.6 is 11.3 Å². The Morgan fingerprint density at radius 3 is 2.62 bits per heavy atom. The predicted octanol–water partition coefficient (Wildman–Crippen LogP) is 4.53. The number of carbonyl (C=O) groups is 2. The van der Waals surface area contributed by atoms with Crippen molar-refractivity contribution in [1.29, 1.82) is 0 Å². The minimum absolute atomic E-state index is 0.0875. The van der Waals surface area contributed by atoms with Gasteiger partial charge in [0, 0.05) is 30.0 Å². The summed E-state index contributed by atoms with van der Waals surface area (Å²) in [5.41, 5.74) is 2.56. The first-order chi connectivity index (χ1) is 12.6. The molecule has 2 bridgehead atoms. The normalized spacial score (nSPS) is 23.8. The third kappa shape index (κ3) is 3.80. The molecule has 2 aliphatic carbocycles. The largest absolute Gasteiger partial charge is 0.326 e. The van der Waals surface area contributed by atoms with E-state index >= 15 is 0 Å². The number of aromatic nitrogens is 1. The van der Waals surface area contributed by atoms with Crippen molar-refractivity contribution in [3.05, 3.63) is 29.6 Å². The SMILES string of the molecule is CC(=O)Nc1ccc(-c2csc(NC(=O)C[C@H]3C[C@H]4CC[C@@H]3C4)n2)cc1. The van der Waals surface area contributed by atoms with Crippen molar-refractivity contribution >= 4 is 34.0 Å². The monoisotopic (exact) mass is 369 g/mol. The number of nitrogens with zero attached hydrogens (tertiary/aromatic N) is 1. The third-order valence-electron chi connectivity index (χ3n) is 5.58. The average molecular weight is 369 g/mol. The Bertz CT molecular complexity index is 815. The molecule has 136 valence electrons. The molecular formula is C20H23N3O2S. The fraction of sp³-hybridized carbons (Fsp3) is 0.450. The Hall–Kier alpha value is -2.21. The number of fused-ring (bicyclic) bond motifs is 2. The topological polar surface area (TPSA) is 71.1 Å². The maximum absolute atomic E-state index is 12.4. The van der Waals surface area contributed by atoms with Crippen molar-refractivity contribution in [2.24, 2.45) is 17.8 Å². The van der Waals surface area contributed by atoms with Crippen molar-refractivity contribution < 1.29 is 9.59 Å². The molecule has 0 aliphatic heterocycles. The van der Waals surface area contributed by atoms with Crippen molar-refractivity contribution in [2.45, 2.75) is 39.0 Å². The second kappa shape index (κ2) is 7.19. The lowest BCUT2D eigenvalue weighted by molar-refractivity contribution is -0.117. The zero-order valence-corrected chi connectivity index (χ0v) is 15.6. The van der Waals surface area contributed by atoms with Crippen LogP contribution in [0, 0.1) is 17.8 Å². The smallest absolute Gasteiger partial charge is 0.226 e. The number of amides is 2. The highest BCUT2D eigenvalue weighted by Crippen LogP contribution is 2.49. The van der Waals surface area contributed by atoms with Gasteiger partial charge in [-0.2, -0.15) is 0 Å². The molecular weight excluding hydrogens is 346 g/mol. The Kier molecular flexibility index (Phi) is 4.76.